The number of carbonyl (C=O) groups is 1. The van der Waals surface area contributed by atoms with Gasteiger partial charge in [-0.15, -0.1) is 0 Å². The van der Waals surface area contributed by atoms with E-state index in [4.69, 9.17) is 0 Å². The maximum absolute atomic E-state index is 12.8. The number of sulfonamides is 1. The van der Waals surface area contributed by atoms with E-state index in [1.165, 1.54) is 11.8 Å². The van der Waals surface area contributed by atoms with Crippen LogP contribution in [-0.2, 0) is 16.4 Å². The van der Waals surface area contributed by atoms with E-state index in [0.717, 1.165) is 51.0 Å². The molecule has 0 atom stereocenters. The molecule has 0 unspecified atom stereocenters. The third-order valence-electron chi connectivity index (χ3n) is 6.10. The zero-order valence-electron chi connectivity index (χ0n) is 17.3. The first-order valence-corrected chi connectivity index (χ1v) is 12.2. The minimum Gasteiger partial charge on any atom is -0.336 e. The number of hydrogen-bond donors (Lipinski definition) is 0. The molecule has 2 aliphatic rings. The Labute approximate surface area is 169 Å². The Morgan fingerprint density at radius 1 is 1.00 bits per heavy atom. The van der Waals surface area contributed by atoms with Gasteiger partial charge in [0, 0.05) is 50.9 Å². The van der Waals surface area contributed by atoms with Crippen LogP contribution in [0.15, 0.2) is 24.3 Å². The molecule has 3 rings (SSSR count). The molecule has 0 N–H and O–H groups in total. The van der Waals surface area contributed by atoms with E-state index in [1.807, 2.05) is 17.0 Å². The molecule has 0 spiro atoms. The summed E-state index contributed by atoms with van der Waals surface area (Å²) in [5.74, 6) is 0.625. The van der Waals surface area contributed by atoms with Crippen molar-refractivity contribution in [3.05, 3.63) is 35.4 Å². The highest BCUT2D eigenvalue weighted by molar-refractivity contribution is 7.88. The second-order valence-electron chi connectivity index (χ2n) is 8.43. The molecule has 1 amide bonds. The summed E-state index contributed by atoms with van der Waals surface area (Å²) in [5.41, 5.74) is 1.98. The highest BCUT2D eigenvalue weighted by Gasteiger charge is 2.26. The van der Waals surface area contributed by atoms with Gasteiger partial charge in [0.05, 0.1) is 6.26 Å². The Bertz CT molecular complexity index is 761. The van der Waals surface area contributed by atoms with Gasteiger partial charge in [-0.2, -0.15) is 0 Å². The molecule has 1 aromatic rings. The molecule has 28 heavy (non-hydrogen) atoms. The Balaban J connectivity index is 1.51. The molecule has 7 heteroatoms. The second kappa shape index (κ2) is 8.93. The molecule has 0 aliphatic carbocycles. The first-order chi connectivity index (χ1) is 13.2. The normalized spacial score (nSPS) is 20.6. The van der Waals surface area contributed by atoms with Gasteiger partial charge < -0.3 is 4.90 Å². The molecule has 156 valence electrons. The lowest BCUT2D eigenvalue weighted by Crippen LogP contribution is -2.50. The van der Waals surface area contributed by atoms with Crippen LogP contribution in [0.2, 0.25) is 0 Å². The van der Waals surface area contributed by atoms with E-state index in [0.29, 0.717) is 25.0 Å². The molecule has 1 aromatic carbocycles. The van der Waals surface area contributed by atoms with E-state index in [-0.39, 0.29) is 5.91 Å². The van der Waals surface area contributed by atoms with E-state index in [2.05, 4.69) is 30.9 Å². The average Bonchev–Trinajstić information content (AvgIpc) is 2.68. The van der Waals surface area contributed by atoms with Crippen molar-refractivity contribution in [2.75, 3.05) is 45.5 Å². The minimum atomic E-state index is -3.07. The molecule has 0 bridgehead atoms. The quantitative estimate of drug-likeness (QED) is 0.750. The van der Waals surface area contributed by atoms with Gasteiger partial charge in [-0.05, 0) is 56.7 Å². The van der Waals surface area contributed by atoms with Gasteiger partial charge in [0.2, 0.25) is 10.0 Å². The monoisotopic (exact) mass is 407 g/mol. The van der Waals surface area contributed by atoms with Crippen molar-refractivity contribution in [2.45, 2.75) is 39.2 Å². The molecule has 2 fully saturated rings. The third kappa shape index (κ3) is 5.33. The second-order valence-corrected chi connectivity index (χ2v) is 10.4. The zero-order valence-corrected chi connectivity index (χ0v) is 18.1. The van der Waals surface area contributed by atoms with Crippen LogP contribution in [0.4, 0.5) is 0 Å². The van der Waals surface area contributed by atoms with Crippen molar-refractivity contribution in [3.8, 4) is 0 Å². The van der Waals surface area contributed by atoms with E-state index in [1.54, 1.807) is 4.31 Å². The predicted octanol–water partition coefficient (Wildman–Crippen LogP) is 2.07. The van der Waals surface area contributed by atoms with Crippen molar-refractivity contribution in [2.24, 2.45) is 5.92 Å². The van der Waals surface area contributed by atoms with Gasteiger partial charge in [-0.3, -0.25) is 9.69 Å². The summed E-state index contributed by atoms with van der Waals surface area (Å²) in [6, 6.07) is 8.53. The van der Waals surface area contributed by atoms with Crippen LogP contribution in [0.3, 0.4) is 0 Å². The average molecular weight is 408 g/mol. The summed E-state index contributed by atoms with van der Waals surface area (Å²) < 4.78 is 24.8. The summed E-state index contributed by atoms with van der Waals surface area (Å²) in [7, 11) is -3.07. The lowest BCUT2D eigenvalue weighted by Gasteiger charge is -2.37. The number of benzene rings is 1. The van der Waals surface area contributed by atoms with Crippen LogP contribution in [0, 0.1) is 5.92 Å². The SMILES string of the molecule is CC(C)N1CCN(C(=O)c2ccc(CC3CCN(S(C)(=O)=O)CC3)cc2)CC1. The summed E-state index contributed by atoms with van der Waals surface area (Å²) in [6.45, 7) is 9.07. The minimum absolute atomic E-state index is 0.122. The highest BCUT2D eigenvalue weighted by atomic mass is 32.2. The Morgan fingerprint density at radius 3 is 2.07 bits per heavy atom. The van der Waals surface area contributed by atoms with Crippen LogP contribution in [0.1, 0.15) is 42.6 Å². The Hall–Kier alpha value is -1.44. The maximum atomic E-state index is 12.8. The highest BCUT2D eigenvalue weighted by Crippen LogP contribution is 2.23. The number of amides is 1. The van der Waals surface area contributed by atoms with Crippen molar-refractivity contribution in [1.29, 1.82) is 0 Å². The number of rotatable bonds is 5. The van der Waals surface area contributed by atoms with Gasteiger partial charge in [-0.1, -0.05) is 12.1 Å². The number of nitrogens with zero attached hydrogens (tertiary/aromatic N) is 3. The molecule has 0 saturated carbocycles. The number of piperidine rings is 1. The van der Waals surface area contributed by atoms with Gasteiger partial charge >= 0.3 is 0 Å². The lowest BCUT2D eigenvalue weighted by molar-refractivity contribution is 0.0595. The molecule has 6 nitrogen and oxygen atoms in total. The predicted molar refractivity (Wildman–Crippen MR) is 112 cm³/mol. The fraction of sp³-hybridized carbons (Fsp3) is 0.667. The molecule has 2 heterocycles. The molecule has 2 aliphatic heterocycles. The van der Waals surface area contributed by atoms with Crippen LogP contribution in [0.5, 0.6) is 0 Å². The molecule has 0 radical (unpaired) electrons. The number of hydrogen-bond acceptors (Lipinski definition) is 4. The number of piperazine rings is 1. The molecular formula is C21H33N3O3S. The fourth-order valence-corrected chi connectivity index (χ4v) is 5.06. The summed E-state index contributed by atoms with van der Waals surface area (Å²) in [5, 5.41) is 0. The standard InChI is InChI=1S/C21H33N3O3S/c1-17(2)22-12-14-23(15-13-22)21(25)20-6-4-18(5-7-20)16-19-8-10-24(11-9-19)28(3,26)27/h4-7,17,19H,8-16H2,1-3H3. The van der Waals surface area contributed by atoms with Crippen molar-refractivity contribution >= 4 is 15.9 Å². The van der Waals surface area contributed by atoms with Crippen LogP contribution >= 0.6 is 0 Å². The van der Waals surface area contributed by atoms with Gasteiger partial charge in [0.25, 0.3) is 5.91 Å². The fourth-order valence-electron chi connectivity index (χ4n) is 4.19. The van der Waals surface area contributed by atoms with Crippen LogP contribution in [0.25, 0.3) is 0 Å². The first kappa shape index (κ1) is 21.3. The van der Waals surface area contributed by atoms with E-state index >= 15 is 0 Å². The maximum Gasteiger partial charge on any atom is 0.253 e. The summed E-state index contributed by atoms with van der Waals surface area (Å²) >= 11 is 0. The van der Waals surface area contributed by atoms with Gasteiger partial charge in [0.15, 0.2) is 0 Å². The zero-order chi connectivity index (χ0) is 20.3. The number of carbonyl (C=O) groups excluding carboxylic acids is 1. The lowest BCUT2D eigenvalue weighted by atomic mass is 9.90. The third-order valence-corrected chi connectivity index (χ3v) is 7.40. The Morgan fingerprint density at radius 2 is 1.57 bits per heavy atom. The van der Waals surface area contributed by atoms with Crippen molar-refractivity contribution < 1.29 is 13.2 Å². The summed E-state index contributed by atoms with van der Waals surface area (Å²) in [4.78, 5) is 17.1. The molecule has 2 saturated heterocycles. The summed E-state index contributed by atoms with van der Waals surface area (Å²) in [6.07, 6.45) is 4.02. The van der Waals surface area contributed by atoms with E-state index < -0.39 is 10.0 Å². The topological polar surface area (TPSA) is 60.9 Å². The largest absolute Gasteiger partial charge is 0.336 e. The van der Waals surface area contributed by atoms with E-state index in [9.17, 15) is 13.2 Å². The molecule has 0 aromatic heterocycles. The first-order valence-electron chi connectivity index (χ1n) is 10.3. The van der Waals surface area contributed by atoms with Crippen LogP contribution in [-0.4, -0.2) is 80.0 Å². The molecular weight excluding hydrogens is 374 g/mol. The van der Waals surface area contributed by atoms with Crippen LogP contribution < -0.4 is 0 Å². The Kier molecular flexibility index (Phi) is 6.78. The smallest absolute Gasteiger partial charge is 0.253 e. The van der Waals surface area contributed by atoms with Crippen molar-refractivity contribution in [3.63, 3.8) is 0 Å². The van der Waals surface area contributed by atoms with Gasteiger partial charge in [-0.25, -0.2) is 12.7 Å². The van der Waals surface area contributed by atoms with Crippen molar-refractivity contribution in [1.82, 2.24) is 14.1 Å². The van der Waals surface area contributed by atoms with Gasteiger partial charge in [0.1, 0.15) is 0 Å².